The molecule has 1 saturated carbocycles. The van der Waals surface area contributed by atoms with Crippen LogP contribution in [0.1, 0.15) is 12.8 Å². The van der Waals surface area contributed by atoms with Gasteiger partial charge in [-0.25, -0.2) is 9.97 Å². The van der Waals surface area contributed by atoms with Crippen molar-refractivity contribution in [2.24, 2.45) is 11.7 Å². The highest BCUT2D eigenvalue weighted by Crippen LogP contribution is 2.35. The van der Waals surface area contributed by atoms with Gasteiger partial charge in [0.1, 0.15) is 0 Å². The summed E-state index contributed by atoms with van der Waals surface area (Å²) in [5, 5.41) is 0. The maximum Gasteiger partial charge on any atom is 0.225 e. The van der Waals surface area contributed by atoms with Gasteiger partial charge in [-0.3, -0.25) is 0 Å². The summed E-state index contributed by atoms with van der Waals surface area (Å²) >= 11 is 0. The van der Waals surface area contributed by atoms with Gasteiger partial charge in [0.25, 0.3) is 0 Å². The molecule has 5 heteroatoms. The fourth-order valence-corrected chi connectivity index (χ4v) is 1.89. The third-order valence-corrected chi connectivity index (χ3v) is 3.07. The Kier molecular flexibility index (Phi) is 3.24. The Bertz CT molecular complexity index is 336. The Hall–Kier alpha value is -1.36. The Morgan fingerprint density at radius 3 is 2.56 bits per heavy atom. The van der Waals surface area contributed by atoms with Gasteiger partial charge in [-0.05, 0) is 18.8 Å². The lowest BCUT2D eigenvalue weighted by molar-refractivity contribution is 0.410. The number of anilines is 1. The van der Waals surface area contributed by atoms with Crippen molar-refractivity contribution in [3.8, 4) is 5.75 Å². The normalized spacial score (nSPS) is 16.9. The molecule has 1 unspecified atom stereocenters. The molecule has 2 N–H and O–H groups in total. The van der Waals surface area contributed by atoms with Crippen LogP contribution in [-0.2, 0) is 0 Å². The molecular formula is C11H18N4O. The molecule has 0 radical (unpaired) electrons. The van der Waals surface area contributed by atoms with E-state index in [1.54, 1.807) is 19.5 Å². The number of aromatic nitrogens is 2. The molecule has 1 fully saturated rings. The van der Waals surface area contributed by atoms with E-state index in [4.69, 9.17) is 10.5 Å². The van der Waals surface area contributed by atoms with E-state index in [-0.39, 0.29) is 0 Å². The van der Waals surface area contributed by atoms with Crippen LogP contribution in [-0.4, -0.2) is 36.7 Å². The summed E-state index contributed by atoms with van der Waals surface area (Å²) in [4.78, 5) is 10.6. The molecule has 0 bridgehead atoms. The van der Waals surface area contributed by atoms with Gasteiger partial charge in [0, 0.05) is 19.6 Å². The number of nitrogens with zero attached hydrogens (tertiary/aromatic N) is 3. The summed E-state index contributed by atoms with van der Waals surface area (Å²) in [6.07, 6.45) is 5.89. The van der Waals surface area contributed by atoms with Crippen LogP contribution in [0.2, 0.25) is 0 Å². The Morgan fingerprint density at radius 1 is 1.50 bits per heavy atom. The molecule has 0 amide bonds. The minimum absolute atomic E-state index is 0.355. The predicted molar refractivity (Wildman–Crippen MR) is 62.6 cm³/mol. The van der Waals surface area contributed by atoms with Crippen molar-refractivity contribution in [1.29, 1.82) is 0 Å². The smallest absolute Gasteiger partial charge is 0.225 e. The second-order valence-electron chi connectivity index (χ2n) is 4.17. The summed E-state index contributed by atoms with van der Waals surface area (Å²) in [5.41, 5.74) is 5.79. The van der Waals surface area contributed by atoms with Crippen molar-refractivity contribution in [2.45, 2.75) is 18.9 Å². The number of rotatable bonds is 5. The van der Waals surface area contributed by atoms with Crippen LogP contribution in [0.4, 0.5) is 5.95 Å². The van der Waals surface area contributed by atoms with Crippen molar-refractivity contribution in [3.05, 3.63) is 12.4 Å². The first-order valence-electron chi connectivity index (χ1n) is 5.55. The highest BCUT2D eigenvalue weighted by molar-refractivity contribution is 5.32. The zero-order valence-electron chi connectivity index (χ0n) is 9.76. The first-order chi connectivity index (χ1) is 7.76. The summed E-state index contributed by atoms with van der Waals surface area (Å²) in [5.74, 6) is 2.09. The van der Waals surface area contributed by atoms with E-state index in [2.05, 4.69) is 14.9 Å². The number of likely N-dealkylation sites (N-methyl/N-ethyl adjacent to an activating group) is 1. The van der Waals surface area contributed by atoms with Crippen LogP contribution < -0.4 is 15.4 Å². The molecule has 5 nitrogen and oxygen atoms in total. The number of hydrogen-bond donors (Lipinski definition) is 1. The van der Waals surface area contributed by atoms with Crippen LogP contribution in [0.25, 0.3) is 0 Å². The van der Waals surface area contributed by atoms with E-state index < -0.39 is 0 Å². The second kappa shape index (κ2) is 4.65. The lowest BCUT2D eigenvalue weighted by Gasteiger charge is -2.26. The van der Waals surface area contributed by atoms with Crippen molar-refractivity contribution in [2.75, 3.05) is 25.6 Å². The standard InChI is InChI=1S/C11H18N4O/c1-15(10(5-12)8-3-4-8)11-13-6-9(16-2)7-14-11/h6-8,10H,3-5,12H2,1-2H3. The molecule has 1 aliphatic carbocycles. The molecular weight excluding hydrogens is 204 g/mol. The number of nitrogens with two attached hydrogens (primary N) is 1. The molecule has 0 aliphatic heterocycles. The highest BCUT2D eigenvalue weighted by atomic mass is 16.5. The zero-order chi connectivity index (χ0) is 11.5. The molecule has 16 heavy (non-hydrogen) atoms. The molecule has 1 aliphatic rings. The minimum Gasteiger partial charge on any atom is -0.494 e. The fraction of sp³-hybridized carbons (Fsp3) is 0.636. The van der Waals surface area contributed by atoms with Crippen LogP contribution in [0.3, 0.4) is 0 Å². The third-order valence-electron chi connectivity index (χ3n) is 3.07. The first-order valence-corrected chi connectivity index (χ1v) is 5.55. The molecule has 2 rings (SSSR count). The van der Waals surface area contributed by atoms with Crippen molar-refractivity contribution in [1.82, 2.24) is 9.97 Å². The molecule has 1 heterocycles. The van der Waals surface area contributed by atoms with Crippen LogP contribution in [0, 0.1) is 5.92 Å². The van der Waals surface area contributed by atoms with E-state index in [0.717, 1.165) is 0 Å². The van der Waals surface area contributed by atoms with Crippen LogP contribution in [0.15, 0.2) is 12.4 Å². The van der Waals surface area contributed by atoms with Gasteiger partial charge in [-0.2, -0.15) is 0 Å². The summed E-state index contributed by atoms with van der Waals surface area (Å²) < 4.78 is 5.03. The van der Waals surface area contributed by atoms with Gasteiger partial charge in [0.15, 0.2) is 5.75 Å². The predicted octanol–water partition coefficient (Wildman–Crippen LogP) is 0.659. The monoisotopic (exact) mass is 222 g/mol. The largest absolute Gasteiger partial charge is 0.494 e. The van der Waals surface area contributed by atoms with Gasteiger partial charge in [-0.1, -0.05) is 0 Å². The first kappa shape index (κ1) is 11.1. The molecule has 0 spiro atoms. The minimum atomic E-state index is 0.355. The number of methoxy groups -OCH3 is 1. The quantitative estimate of drug-likeness (QED) is 0.792. The zero-order valence-corrected chi connectivity index (χ0v) is 9.76. The average molecular weight is 222 g/mol. The van der Waals surface area contributed by atoms with E-state index in [9.17, 15) is 0 Å². The molecule has 0 aromatic carbocycles. The van der Waals surface area contributed by atoms with E-state index in [1.165, 1.54) is 12.8 Å². The fourth-order valence-electron chi connectivity index (χ4n) is 1.89. The molecule has 0 saturated heterocycles. The molecule has 88 valence electrons. The van der Waals surface area contributed by atoms with Crippen LogP contribution in [0.5, 0.6) is 5.75 Å². The Balaban J connectivity index is 2.09. The van der Waals surface area contributed by atoms with Gasteiger partial charge in [-0.15, -0.1) is 0 Å². The number of hydrogen-bond acceptors (Lipinski definition) is 5. The van der Waals surface area contributed by atoms with Crippen molar-refractivity contribution in [3.63, 3.8) is 0 Å². The Morgan fingerprint density at radius 2 is 2.12 bits per heavy atom. The summed E-state index contributed by atoms with van der Waals surface area (Å²) in [6, 6.07) is 0.355. The maximum absolute atomic E-state index is 5.79. The highest BCUT2D eigenvalue weighted by Gasteiger charge is 2.33. The lowest BCUT2D eigenvalue weighted by atomic mass is 10.1. The SMILES string of the molecule is COc1cnc(N(C)C(CN)C2CC2)nc1. The maximum atomic E-state index is 5.79. The van der Waals surface area contributed by atoms with Crippen molar-refractivity contribution >= 4 is 5.95 Å². The van der Waals surface area contributed by atoms with Gasteiger partial charge >= 0.3 is 0 Å². The van der Waals surface area contributed by atoms with Gasteiger partial charge in [0.2, 0.25) is 5.95 Å². The third kappa shape index (κ3) is 2.24. The molecule has 1 aromatic heterocycles. The van der Waals surface area contributed by atoms with E-state index >= 15 is 0 Å². The summed E-state index contributed by atoms with van der Waals surface area (Å²) in [6.45, 7) is 0.649. The second-order valence-corrected chi connectivity index (χ2v) is 4.17. The van der Waals surface area contributed by atoms with Gasteiger partial charge in [0.05, 0.1) is 19.5 Å². The Labute approximate surface area is 95.6 Å². The van der Waals surface area contributed by atoms with Crippen molar-refractivity contribution < 1.29 is 4.74 Å². The summed E-state index contributed by atoms with van der Waals surface area (Å²) in [7, 11) is 3.60. The van der Waals surface area contributed by atoms with E-state index in [0.29, 0.717) is 30.2 Å². The topological polar surface area (TPSA) is 64.3 Å². The van der Waals surface area contributed by atoms with Crippen LogP contribution >= 0.6 is 0 Å². The molecule has 1 atom stereocenters. The molecule has 1 aromatic rings. The number of ether oxygens (including phenoxy) is 1. The average Bonchev–Trinajstić information content (AvgIpc) is 3.14. The van der Waals surface area contributed by atoms with E-state index in [1.807, 2.05) is 7.05 Å². The van der Waals surface area contributed by atoms with Gasteiger partial charge < -0.3 is 15.4 Å². The lowest BCUT2D eigenvalue weighted by Crippen LogP contribution is -2.40.